The molecule has 1 aliphatic heterocycles. The van der Waals surface area contributed by atoms with Crippen molar-refractivity contribution in [2.75, 3.05) is 23.8 Å². The van der Waals surface area contributed by atoms with Gasteiger partial charge >= 0.3 is 0 Å². The number of aromatic nitrogens is 2. The van der Waals surface area contributed by atoms with Gasteiger partial charge in [0, 0.05) is 6.54 Å². The Labute approximate surface area is 130 Å². The van der Waals surface area contributed by atoms with E-state index in [9.17, 15) is 4.79 Å². The Kier molecular flexibility index (Phi) is 3.81. The van der Waals surface area contributed by atoms with Gasteiger partial charge in [-0.2, -0.15) is 0 Å². The molecule has 0 atom stereocenters. The van der Waals surface area contributed by atoms with Crippen molar-refractivity contribution < 1.29 is 9.53 Å². The summed E-state index contributed by atoms with van der Waals surface area (Å²) < 4.78 is 5.55. The van der Waals surface area contributed by atoms with E-state index in [4.69, 9.17) is 27.9 Å². The maximum atomic E-state index is 12.4. The van der Waals surface area contributed by atoms with E-state index in [1.807, 2.05) is 6.07 Å². The second-order valence-corrected chi connectivity index (χ2v) is 4.97. The molecule has 0 radical (unpaired) electrons. The zero-order valence-corrected chi connectivity index (χ0v) is 12.2. The summed E-state index contributed by atoms with van der Waals surface area (Å²) in [6, 6.07) is 5.28. The van der Waals surface area contributed by atoms with E-state index in [0.717, 1.165) is 5.69 Å². The largest absolute Gasteiger partial charge is 0.489 e. The Morgan fingerprint density at radius 2 is 2.19 bits per heavy atom. The molecule has 2 aromatic rings. The molecule has 0 fully saturated rings. The number of ether oxygens (including phenoxy) is 1. The van der Waals surface area contributed by atoms with Crippen LogP contribution in [0.1, 0.15) is 10.4 Å². The average molecular weight is 325 g/mol. The van der Waals surface area contributed by atoms with E-state index in [0.29, 0.717) is 24.5 Å². The maximum absolute atomic E-state index is 12.4. The second kappa shape index (κ2) is 5.75. The quantitative estimate of drug-likeness (QED) is 0.831. The van der Waals surface area contributed by atoms with Crippen LogP contribution < -0.4 is 15.4 Å². The standard InChI is InChI=1S/C13H10Cl2N4O2/c14-9-11(15)17-6-18-12(9)19-13(20)7-2-1-3-8-10(7)21-5-4-16-8/h1-3,6,16H,4-5H2,(H,17,18,19,20). The van der Waals surface area contributed by atoms with Gasteiger partial charge in [0.15, 0.2) is 16.7 Å². The molecule has 8 heteroatoms. The first-order valence-electron chi connectivity index (χ1n) is 6.14. The molecule has 21 heavy (non-hydrogen) atoms. The highest BCUT2D eigenvalue weighted by Gasteiger charge is 2.20. The first-order valence-corrected chi connectivity index (χ1v) is 6.89. The van der Waals surface area contributed by atoms with E-state index in [1.54, 1.807) is 12.1 Å². The zero-order chi connectivity index (χ0) is 14.8. The molecular formula is C13H10Cl2N4O2. The number of para-hydroxylation sites is 1. The number of amides is 1. The molecule has 3 rings (SSSR count). The van der Waals surface area contributed by atoms with Gasteiger partial charge in [0.1, 0.15) is 18.0 Å². The molecule has 1 aromatic carbocycles. The number of benzene rings is 1. The lowest BCUT2D eigenvalue weighted by Crippen LogP contribution is -2.22. The van der Waals surface area contributed by atoms with Gasteiger partial charge in [-0.3, -0.25) is 4.79 Å². The normalized spacial score (nSPS) is 12.9. The molecule has 1 aliphatic rings. The molecule has 0 saturated heterocycles. The van der Waals surface area contributed by atoms with Crippen molar-refractivity contribution in [3.05, 3.63) is 40.3 Å². The molecule has 2 N–H and O–H groups in total. The number of fused-ring (bicyclic) bond motifs is 1. The number of anilines is 2. The minimum Gasteiger partial charge on any atom is -0.489 e. The van der Waals surface area contributed by atoms with E-state index in [-0.39, 0.29) is 21.9 Å². The maximum Gasteiger partial charge on any atom is 0.260 e. The lowest BCUT2D eigenvalue weighted by molar-refractivity contribution is 0.102. The van der Waals surface area contributed by atoms with Crippen LogP contribution in [-0.4, -0.2) is 29.0 Å². The van der Waals surface area contributed by atoms with Crippen LogP contribution in [-0.2, 0) is 0 Å². The van der Waals surface area contributed by atoms with Crippen molar-refractivity contribution in [3.63, 3.8) is 0 Å². The number of nitrogens with zero attached hydrogens (tertiary/aromatic N) is 2. The number of nitrogens with one attached hydrogen (secondary N) is 2. The molecule has 108 valence electrons. The van der Waals surface area contributed by atoms with Crippen molar-refractivity contribution >= 4 is 40.6 Å². The third-order valence-electron chi connectivity index (χ3n) is 2.90. The van der Waals surface area contributed by atoms with Gasteiger partial charge < -0.3 is 15.4 Å². The lowest BCUT2D eigenvalue weighted by Gasteiger charge is -2.21. The van der Waals surface area contributed by atoms with Crippen LogP contribution in [0.3, 0.4) is 0 Å². The highest BCUT2D eigenvalue weighted by atomic mass is 35.5. The van der Waals surface area contributed by atoms with E-state index < -0.39 is 0 Å². The van der Waals surface area contributed by atoms with E-state index >= 15 is 0 Å². The van der Waals surface area contributed by atoms with Crippen molar-refractivity contribution in [2.45, 2.75) is 0 Å². The summed E-state index contributed by atoms with van der Waals surface area (Å²) in [5, 5.41) is 5.94. The van der Waals surface area contributed by atoms with Crippen molar-refractivity contribution in [3.8, 4) is 5.75 Å². The predicted octanol–water partition coefficient (Wildman–Crippen LogP) is 2.84. The minimum atomic E-state index is -0.382. The summed E-state index contributed by atoms with van der Waals surface area (Å²) in [7, 11) is 0. The molecule has 0 saturated carbocycles. The molecule has 0 spiro atoms. The van der Waals surface area contributed by atoms with Crippen molar-refractivity contribution in [1.29, 1.82) is 0 Å². The van der Waals surface area contributed by atoms with Gasteiger partial charge in [-0.15, -0.1) is 0 Å². The van der Waals surface area contributed by atoms with Crippen molar-refractivity contribution in [2.24, 2.45) is 0 Å². The van der Waals surface area contributed by atoms with Crippen LogP contribution in [0, 0.1) is 0 Å². The van der Waals surface area contributed by atoms with Gasteiger partial charge in [0.25, 0.3) is 5.91 Å². The van der Waals surface area contributed by atoms with Gasteiger partial charge in [0.2, 0.25) is 0 Å². The Balaban J connectivity index is 1.91. The monoisotopic (exact) mass is 324 g/mol. The van der Waals surface area contributed by atoms with E-state index in [2.05, 4.69) is 20.6 Å². The van der Waals surface area contributed by atoms with Gasteiger partial charge in [0.05, 0.1) is 11.3 Å². The average Bonchev–Trinajstić information content (AvgIpc) is 2.51. The third-order valence-corrected chi connectivity index (χ3v) is 3.64. The summed E-state index contributed by atoms with van der Waals surface area (Å²) in [4.78, 5) is 20.0. The first-order chi connectivity index (χ1) is 10.2. The van der Waals surface area contributed by atoms with Crippen LogP contribution in [0.4, 0.5) is 11.5 Å². The molecule has 1 amide bonds. The number of carbonyl (C=O) groups excluding carboxylic acids is 1. The van der Waals surface area contributed by atoms with Crippen LogP contribution in [0.2, 0.25) is 10.2 Å². The Morgan fingerprint density at radius 1 is 1.33 bits per heavy atom. The Morgan fingerprint density at radius 3 is 3.05 bits per heavy atom. The van der Waals surface area contributed by atoms with Crippen molar-refractivity contribution in [1.82, 2.24) is 9.97 Å². The summed E-state index contributed by atoms with van der Waals surface area (Å²) in [5.41, 5.74) is 1.17. The minimum absolute atomic E-state index is 0.0787. The van der Waals surface area contributed by atoms with Gasteiger partial charge in [-0.1, -0.05) is 29.3 Å². The molecule has 1 aromatic heterocycles. The fourth-order valence-electron chi connectivity index (χ4n) is 1.96. The van der Waals surface area contributed by atoms with Crippen LogP contribution in [0.25, 0.3) is 0 Å². The second-order valence-electron chi connectivity index (χ2n) is 4.24. The summed E-state index contributed by atoms with van der Waals surface area (Å²) in [6.07, 6.45) is 1.22. The number of hydrogen-bond donors (Lipinski definition) is 2. The topological polar surface area (TPSA) is 76.1 Å². The molecule has 6 nitrogen and oxygen atoms in total. The molecule has 0 unspecified atom stereocenters. The number of hydrogen-bond acceptors (Lipinski definition) is 5. The van der Waals surface area contributed by atoms with Gasteiger partial charge in [-0.25, -0.2) is 9.97 Å². The summed E-state index contributed by atoms with van der Waals surface area (Å²) in [6.45, 7) is 1.20. The lowest BCUT2D eigenvalue weighted by atomic mass is 10.1. The Hall–Kier alpha value is -2.05. The van der Waals surface area contributed by atoms with E-state index in [1.165, 1.54) is 6.33 Å². The fourth-order valence-corrected chi connectivity index (χ4v) is 2.24. The van der Waals surface area contributed by atoms with Crippen LogP contribution >= 0.6 is 23.2 Å². The van der Waals surface area contributed by atoms with Crippen LogP contribution in [0.5, 0.6) is 5.75 Å². The fraction of sp³-hybridized carbons (Fsp3) is 0.154. The number of halogens is 2. The first kappa shape index (κ1) is 13.9. The highest BCUT2D eigenvalue weighted by Crippen LogP contribution is 2.32. The number of carbonyl (C=O) groups is 1. The molecule has 2 heterocycles. The Bertz CT molecular complexity index is 709. The molecule has 0 bridgehead atoms. The van der Waals surface area contributed by atoms with Gasteiger partial charge in [-0.05, 0) is 12.1 Å². The third kappa shape index (κ3) is 2.72. The summed E-state index contributed by atoms with van der Waals surface area (Å²) in [5.74, 6) is 0.285. The SMILES string of the molecule is O=C(Nc1ncnc(Cl)c1Cl)c1cccc2c1OCCN2. The zero-order valence-electron chi connectivity index (χ0n) is 10.7. The molecule has 0 aliphatic carbocycles. The number of rotatable bonds is 2. The molecular weight excluding hydrogens is 315 g/mol. The smallest absolute Gasteiger partial charge is 0.260 e. The summed E-state index contributed by atoms with van der Waals surface area (Å²) >= 11 is 11.7. The predicted molar refractivity (Wildman–Crippen MR) is 80.4 cm³/mol. The van der Waals surface area contributed by atoms with Crippen LogP contribution in [0.15, 0.2) is 24.5 Å². The highest BCUT2D eigenvalue weighted by molar-refractivity contribution is 6.43.